The lowest BCUT2D eigenvalue weighted by molar-refractivity contribution is 0.151. The van der Waals surface area contributed by atoms with E-state index >= 15 is 0 Å². The van der Waals surface area contributed by atoms with E-state index in [0.717, 1.165) is 36.2 Å². The summed E-state index contributed by atoms with van der Waals surface area (Å²) < 4.78 is 35.1. The van der Waals surface area contributed by atoms with Gasteiger partial charge in [0.15, 0.2) is 0 Å². The van der Waals surface area contributed by atoms with Crippen molar-refractivity contribution in [3.05, 3.63) is 66.2 Å². The van der Waals surface area contributed by atoms with E-state index in [4.69, 9.17) is 4.74 Å². The second-order valence-corrected chi connectivity index (χ2v) is 9.83. The molecule has 0 saturated heterocycles. The Morgan fingerprint density at radius 2 is 1.77 bits per heavy atom. The number of benzene rings is 2. The van der Waals surface area contributed by atoms with Gasteiger partial charge in [-0.2, -0.15) is 5.10 Å². The van der Waals surface area contributed by atoms with Gasteiger partial charge >= 0.3 is 6.09 Å². The number of hydrogen-bond donors (Lipinski definition) is 1. The van der Waals surface area contributed by atoms with Crippen LogP contribution in [-0.2, 0) is 27.8 Å². The SMILES string of the molecule is CCCCOC(=O)NS(=O)(=O)c1ccc(CN(CC)CC)cc1-c1ccc(Cn2cncn2)cc1. The fourth-order valence-corrected chi connectivity index (χ4v) is 4.74. The van der Waals surface area contributed by atoms with E-state index in [-0.39, 0.29) is 11.5 Å². The molecule has 1 amide bonds. The maximum Gasteiger partial charge on any atom is 0.421 e. The molecule has 1 aromatic heterocycles. The number of carbonyl (C=O) groups is 1. The van der Waals surface area contributed by atoms with Crippen LogP contribution in [0.4, 0.5) is 4.79 Å². The average Bonchev–Trinajstić information content (AvgIpc) is 3.36. The Labute approximate surface area is 207 Å². The Bertz CT molecular complexity index is 1190. The van der Waals surface area contributed by atoms with E-state index in [0.29, 0.717) is 25.1 Å². The van der Waals surface area contributed by atoms with Gasteiger partial charge in [0.1, 0.15) is 12.7 Å². The van der Waals surface area contributed by atoms with E-state index in [1.165, 1.54) is 6.33 Å². The predicted molar refractivity (Wildman–Crippen MR) is 134 cm³/mol. The van der Waals surface area contributed by atoms with Crippen molar-refractivity contribution in [3.63, 3.8) is 0 Å². The second kappa shape index (κ2) is 12.5. The molecule has 0 saturated carbocycles. The van der Waals surface area contributed by atoms with Gasteiger partial charge in [-0.1, -0.05) is 57.5 Å². The molecule has 0 aliphatic carbocycles. The summed E-state index contributed by atoms with van der Waals surface area (Å²) in [6, 6.07) is 12.8. The van der Waals surface area contributed by atoms with Crippen LogP contribution in [0.5, 0.6) is 0 Å². The first kappa shape index (κ1) is 26.4. The van der Waals surface area contributed by atoms with Crippen LogP contribution in [0.3, 0.4) is 0 Å². The number of amides is 1. The third-order valence-electron chi connectivity index (χ3n) is 5.66. The number of aromatic nitrogens is 3. The fourth-order valence-electron chi connectivity index (χ4n) is 3.64. The van der Waals surface area contributed by atoms with E-state index in [1.54, 1.807) is 23.1 Å². The van der Waals surface area contributed by atoms with Gasteiger partial charge in [0.05, 0.1) is 18.0 Å². The third-order valence-corrected chi connectivity index (χ3v) is 7.03. The lowest BCUT2D eigenvalue weighted by Gasteiger charge is -2.20. The molecule has 1 heterocycles. The summed E-state index contributed by atoms with van der Waals surface area (Å²) in [6.45, 7) is 9.32. The van der Waals surface area contributed by atoms with Gasteiger partial charge in [-0.3, -0.25) is 4.90 Å². The maximum absolute atomic E-state index is 13.2. The lowest BCUT2D eigenvalue weighted by Crippen LogP contribution is -2.31. The molecule has 35 heavy (non-hydrogen) atoms. The summed E-state index contributed by atoms with van der Waals surface area (Å²) in [5.41, 5.74) is 3.24. The minimum absolute atomic E-state index is 0.0252. The number of sulfonamides is 1. The quantitative estimate of drug-likeness (QED) is 0.375. The first-order chi connectivity index (χ1) is 16.9. The van der Waals surface area contributed by atoms with E-state index in [1.807, 2.05) is 42.0 Å². The van der Waals surface area contributed by atoms with Crippen LogP contribution >= 0.6 is 0 Å². The summed E-state index contributed by atoms with van der Waals surface area (Å²) >= 11 is 0. The fraction of sp³-hybridized carbons (Fsp3) is 0.400. The molecule has 10 heteroatoms. The minimum Gasteiger partial charge on any atom is -0.449 e. The highest BCUT2D eigenvalue weighted by Crippen LogP contribution is 2.29. The Kier molecular flexibility index (Phi) is 9.39. The standard InChI is InChI=1S/C25H33N5O4S/c1-4-7-14-34-25(31)28-35(32,33)24-13-10-21(16-29(5-2)6-3)15-23(24)22-11-8-20(9-12-22)17-30-19-26-18-27-30/h8-13,15,18-19H,4-7,14,16-17H2,1-3H3,(H,28,31). The third kappa shape index (κ3) is 7.37. The second-order valence-electron chi connectivity index (χ2n) is 8.18. The highest BCUT2D eigenvalue weighted by molar-refractivity contribution is 7.90. The molecule has 3 aromatic rings. The number of nitrogens with zero attached hydrogens (tertiary/aromatic N) is 4. The highest BCUT2D eigenvalue weighted by Gasteiger charge is 2.23. The van der Waals surface area contributed by atoms with Crippen LogP contribution in [0.1, 0.15) is 44.7 Å². The zero-order valence-electron chi connectivity index (χ0n) is 20.5. The maximum atomic E-state index is 13.2. The van der Waals surface area contributed by atoms with Crippen LogP contribution in [-0.4, -0.2) is 53.9 Å². The molecule has 9 nitrogen and oxygen atoms in total. The van der Waals surface area contributed by atoms with Gasteiger partial charge in [0.2, 0.25) is 0 Å². The Balaban J connectivity index is 1.93. The normalized spacial score (nSPS) is 11.5. The van der Waals surface area contributed by atoms with Crippen LogP contribution in [0.25, 0.3) is 11.1 Å². The van der Waals surface area contributed by atoms with E-state index in [9.17, 15) is 13.2 Å². The molecule has 0 spiro atoms. The molecule has 188 valence electrons. The van der Waals surface area contributed by atoms with Crippen molar-refractivity contribution in [3.8, 4) is 11.1 Å². The minimum atomic E-state index is -4.14. The molecule has 0 bridgehead atoms. The van der Waals surface area contributed by atoms with Gasteiger partial charge in [0, 0.05) is 12.1 Å². The summed E-state index contributed by atoms with van der Waals surface area (Å²) in [7, 11) is -4.14. The molecule has 2 aromatic carbocycles. The molecule has 0 fully saturated rings. The molecule has 0 aliphatic rings. The van der Waals surface area contributed by atoms with Crippen molar-refractivity contribution in [1.29, 1.82) is 0 Å². The number of nitrogens with one attached hydrogen (secondary N) is 1. The average molecular weight is 500 g/mol. The largest absolute Gasteiger partial charge is 0.449 e. The molecule has 0 atom stereocenters. The van der Waals surface area contributed by atoms with Gasteiger partial charge in [0.25, 0.3) is 10.0 Å². The Morgan fingerprint density at radius 1 is 1.06 bits per heavy atom. The Hall–Kier alpha value is -3.24. The first-order valence-electron chi connectivity index (χ1n) is 11.8. The zero-order valence-corrected chi connectivity index (χ0v) is 21.3. The van der Waals surface area contributed by atoms with Crippen molar-refractivity contribution in [1.82, 2.24) is 24.4 Å². The smallest absolute Gasteiger partial charge is 0.421 e. The molecule has 0 unspecified atom stereocenters. The zero-order chi connectivity index (χ0) is 25.3. The molecular formula is C25H33N5O4S. The van der Waals surface area contributed by atoms with Gasteiger partial charge < -0.3 is 4.74 Å². The van der Waals surface area contributed by atoms with Gasteiger partial charge in [-0.25, -0.2) is 27.6 Å². The summed E-state index contributed by atoms with van der Waals surface area (Å²) in [6.07, 6.45) is 3.65. The molecular weight excluding hydrogens is 466 g/mol. The molecule has 1 N–H and O–H groups in total. The van der Waals surface area contributed by atoms with Crippen molar-refractivity contribution < 1.29 is 17.9 Å². The highest BCUT2D eigenvalue weighted by atomic mass is 32.2. The summed E-state index contributed by atoms with van der Waals surface area (Å²) in [4.78, 5) is 18.3. The molecule has 0 radical (unpaired) electrons. The van der Waals surface area contributed by atoms with Crippen molar-refractivity contribution in [2.24, 2.45) is 0 Å². The van der Waals surface area contributed by atoms with Crippen molar-refractivity contribution >= 4 is 16.1 Å². The van der Waals surface area contributed by atoms with Gasteiger partial charge in [-0.05, 0) is 48.3 Å². The number of ether oxygens (including phenoxy) is 1. The number of rotatable bonds is 12. The Morgan fingerprint density at radius 3 is 2.40 bits per heavy atom. The lowest BCUT2D eigenvalue weighted by atomic mass is 10.0. The van der Waals surface area contributed by atoms with Crippen LogP contribution in [0, 0.1) is 0 Å². The van der Waals surface area contributed by atoms with Crippen LogP contribution in [0.2, 0.25) is 0 Å². The summed E-state index contributed by atoms with van der Waals surface area (Å²) in [5.74, 6) is 0. The van der Waals surface area contributed by atoms with Crippen molar-refractivity contribution in [2.75, 3.05) is 19.7 Å². The van der Waals surface area contributed by atoms with E-state index < -0.39 is 16.1 Å². The van der Waals surface area contributed by atoms with Crippen molar-refractivity contribution in [2.45, 2.75) is 51.6 Å². The van der Waals surface area contributed by atoms with Crippen LogP contribution < -0.4 is 4.72 Å². The summed E-state index contributed by atoms with van der Waals surface area (Å²) in [5, 5.41) is 4.12. The predicted octanol–water partition coefficient (Wildman–Crippen LogP) is 4.05. The van der Waals surface area contributed by atoms with Gasteiger partial charge in [-0.15, -0.1) is 0 Å². The molecule has 3 rings (SSSR count). The topological polar surface area (TPSA) is 106 Å². The number of unbranched alkanes of at least 4 members (excludes halogenated alkanes) is 1. The number of carbonyl (C=O) groups excluding carboxylic acids is 1. The monoisotopic (exact) mass is 499 g/mol. The first-order valence-corrected chi connectivity index (χ1v) is 13.3. The van der Waals surface area contributed by atoms with E-state index in [2.05, 4.69) is 28.8 Å². The number of hydrogen-bond acceptors (Lipinski definition) is 7. The molecule has 0 aliphatic heterocycles. The van der Waals surface area contributed by atoms with Crippen LogP contribution in [0.15, 0.2) is 60.0 Å².